The smallest absolute Gasteiger partial charge is 0.321 e. The summed E-state index contributed by atoms with van der Waals surface area (Å²) in [5.41, 5.74) is 9.42. The Morgan fingerprint density at radius 1 is 0.655 bits per heavy atom. The minimum atomic E-state index is -1.89. The molecule has 2 rings (SSSR count). The van der Waals surface area contributed by atoms with Crippen LogP contribution in [0.3, 0.4) is 0 Å². The Balaban J connectivity index is 0.000000436. The van der Waals surface area contributed by atoms with Gasteiger partial charge in [-0.2, -0.15) is 0 Å². The molecule has 0 aromatic carbocycles. The van der Waals surface area contributed by atoms with E-state index in [0.717, 1.165) is 12.8 Å². The first-order chi connectivity index (χ1) is 13.9. The maximum atomic E-state index is 11.4. The summed E-state index contributed by atoms with van der Waals surface area (Å²) in [4.78, 5) is 22.7. The molecule has 0 aromatic heterocycles. The summed E-state index contributed by atoms with van der Waals surface area (Å²) in [5, 5.41) is 18.5. The lowest BCUT2D eigenvalue weighted by atomic mass is 9.81. The van der Waals surface area contributed by atoms with Gasteiger partial charge in [-0.05, 0) is 25.7 Å². The fraction of sp³-hybridized carbons (Fsp3) is 0.895. The van der Waals surface area contributed by atoms with Crippen LogP contribution in [-0.2, 0) is 28.5 Å². The molecule has 0 radical (unpaired) electrons. The summed E-state index contributed by atoms with van der Waals surface area (Å²) in [7, 11) is 0. The van der Waals surface area contributed by atoms with E-state index in [0.29, 0.717) is 26.4 Å². The van der Waals surface area contributed by atoms with Gasteiger partial charge in [-0.25, -0.2) is 0 Å². The predicted octanol–water partition coefficient (Wildman–Crippen LogP) is 0.217. The summed E-state index contributed by atoms with van der Waals surface area (Å²) in [5.74, 6) is -2.75. The zero-order valence-electron chi connectivity index (χ0n) is 17.1. The van der Waals surface area contributed by atoms with Gasteiger partial charge >= 0.3 is 11.9 Å². The lowest BCUT2D eigenvalue weighted by Crippen LogP contribution is -2.43. The predicted molar refractivity (Wildman–Crippen MR) is 105 cm³/mol. The van der Waals surface area contributed by atoms with E-state index in [-0.39, 0.29) is 51.4 Å². The van der Waals surface area contributed by atoms with Crippen LogP contribution in [0.25, 0.3) is 0 Å². The zero-order chi connectivity index (χ0) is 21.5. The molecule has 0 bridgehead atoms. The van der Waals surface area contributed by atoms with Crippen LogP contribution in [0, 0.1) is 5.41 Å². The molecule has 2 fully saturated rings. The molecule has 29 heavy (non-hydrogen) atoms. The largest absolute Gasteiger partial charge is 0.480 e. The maximum Gasteiger partial charge on any atom is 0.321 e. The second-order valence-electron chi connectivity index (χ2n) is 7.25. The molecular weight excluding hydrogens is 384 g/mol. The third-order valence-electron chi connectivity index (χ3n) is 5.16. The van der Waals surface area contributed by atoms with E-state index in [9.17, 15) is 19.8 Å². The van der Waals surface area contributed by atoms with Crippen LogP contribution >= 0.6 is 0 Å². The minimum absolute atomic E-state index is 0.0401. The normalized spacial score (nSPS) is 27.4. The molecule has 170 valence electrons. The van der Waals surface area contributed by atoms with Crippen molar-refractivity contribution < 1.29 is 38.7 Å². The van der Waals surface area contributed by atoms with Crippen molar-refractivity contribution in [1.82, 2.24) is 0 Å². The van der Waals surface area contributed by atoms with Crippen LogP contribution in [-0.4, -0.2) is 87.1 Å². The van der Waals surface area contributed by atoms with Gasteiger partial charge in [0, 0.05) is 25.3 Å². The number of ether oxygens (including phenoxy) is 4. The number of nitrogens with two attached hydrogens (primary N) is 2. The average molecular weight is 421 g/mol. The first-order valence-corrected chi connectivity index (χ1v) is 10.2. The first kappa shape index (κ1) is 25.7. The molecule has 1 aliphatic heterocycles. The van der Waals surface area contributed by atoms with E-state index < -0.39 is 17.4 Å². The Morgan fingerprint density at radius 2 is 0.966 bits per heavy atom. The average Bonchev–Trinajstić information content (AvgIpc) is 2.69. The SMILES string of the molecule is N[C@@H]1CCCC[C@H]1N.O=C(O)C1(C(=O)O)CCOCCOCCOCCOCC1. The first-order valence-electron chi connectivity index (χ1n) is 10.2. The number of carbonyl (C=O) groups is 2. The van der Waals surface area contributed by atoms with E-state index in [1.807, 2.05) is 0 Å². The van der Waals surface area contributed by atoms with Gasteiger partial charge in [-0.3, -0.25) is 9.59 Å². The molecule has 1 aliphatic carbocycles. The van der Waals surface area contributed by atoms with Crippen molar-refractivity contribution in [3.05, 3.63) is 0 Å². The lowest BCUT2D eigenvalue weighted by molar-refractivity contribution is -0.168. The van der Waals surface area contributed by atoms with Crippen LogP contribution in [0.1, 0.15) is 38.5 Å². The van der Waals surface area contributed by atoms with Gasteiger partial charge in [0.1, 0.15) is 0 Å². The van der Waals surface area contributed by atoms with Crippen LogP contribution < -0.4 is 11.5 Å². The molecule has 1 saturated heterocycles. The third-order valence-corrected chi connectivity index (χ3v) is 5.16. The number of hydrogen-bond acceptors (Lipinski definition) is 8. The fourth-order valence-electron chi connectivity index (χ4n) is 3.09. The van der Waals surface area contributed by atoms with Crippen molar-refractivity contribution in [2.24, 2.45) is 16.9 Å². The third kappa shape index (κ3) is 9.83. The summed E-state index contributed by atoms with van der Waals surface area (Å²) in [6.45, 7) is 2.24. The van der Waals surface area contributed by atoms with Crippen molar-refractivity contribution in [3.8, 4) is 0 Å². The van der Waals surface area contributed by atoms with Gasteiger partial charge in [-0.15, -0.1) is 0 Å². The van der Waals surface area contributed by atoms with Crippen molar-refractivity contribution in [2.75, 3.05) is 52.9 Å². The van der Waals surface area contributed by atoms with Gasteiger partial charge in [0.25, 0.3) is 0 Å². The molecule has 0 unspecified atom stereocenters. The molecule has 0 aromatic rings. The van der Waals surface area contributed by atoms with Gasteiger partial charge in [0.05, 0.1) is 39.6 Å². The molecule has 0 amide bonds. The molecule has 10 nitrogen and oxygen atoms in total. The Bertz CT molecular complexity index is 435. The van der Waals surface area contributed by atoms with Gasteiger partial charge in [-0.1, -0.05) is 12.8 Å². The van der Waals surface area contributed by atoms with Crippen molar-refractivity contribution in [3.63, 3.8) is 0 Å². The molecule has 10 heteroatoms. The van der Waals surface area contributed by atoms with E-state index >= 15 is 0 Å². The Labute approximate surface area is 171 Å². The molecule has 1 saturated carbocycles. The van der Waals surface area contributed by atoms with Crippen molar-refractivity contribution >= 4 is 11.9 Å². The number of carboxylic acid groups (broad SMARTS) is 2. The number of rotatable bonds is 2. The maximum absolute atomic E-state index is 11.4. The Kier molecular flexibility index (Phi) is 13.0. The molecule has 1 heterocycles. The van der Waals surface area contributed by atoms with E-state index in [4.69, 9.17) is 30.4 Å². The standard InChI is InChI=1S/C13H22O8.C6H14N2/c14-11(15)13(12(16)17)1-3-18-5-7-20-9-10-21-8-6-19-4-2-13;7-5-3-1-2-4-6(5)8/h1-10H2,(H,14,15)(H,16,17);5-6H,1-4,7-8H2/t;5-,6-/m.1/s1. The van der Waals surface area contributed by atoms with Gasteiger partial charge < -0.3 is 40.6 Å². The fourth-order valence-corrected chi connectivity index (χ4v) is 3.09. The Hall–Kier alpha value is -1.30. The summed E-state index contributed by atoms with van der Waals surface area (Å²) in [6.07, 6.45) is 4.57. The monoisotopic (exact) mass is 420 g/mol. The number of aliphatic carboxylic acids is 2. The number of hydrogen-bond donors (Lipinski definition) is 4. The summed E-state index contributed by atoms with van der Waals surface area (Å²) >= 11 is 0. The highest BCUT2D eigenvalue weighted by molar-refractivity contribution is 5.98. The molecular formula is C19H36N2O8. The summed E-state index contributed by atoms with van der Waals surface area (Å²) < 4.78 is 20.9. The summed E-state index contributed by atoms with van der Waals surface area (Å²) in [6, 6.07) is 0.562. The van der Waals surface area contributed by atoms with Gasteiger partial charge in [0.2, 0.25) is 0 Å². The highest BCUT2D eigenvalue weighted by Gasteiger charge is 2.45. The highest BCUT2D eigenvalue weighted by atomic mass is 16.6. The van der Waals surface area contributed by atoms with Crippen LogP contribution in [0.15, 0.2) is 0 Å². The van der Waals surface area contributed by atoms with Crippen molar-refractivity contribution in [1.29, 1.82) is 0 Å². The highest BCUT2D eigenvalue weighted by Crippen LogP contribution is 2.28. The van der Waals surface area contributed by atoms with E-state index in [1.165, 1.54) is 12.8 Å². The second kappa shape index (κ2) is 14.6. The van der Waals surface area contributed by atoms with Gasteiger partial charge in [0.15, 0.2) is 5.41 Å². The van der Waals surface area contributed by atoms with Crippen LogP contribution in [0.5, 0.6) is 0 Å². The number of carboxylic acids is 2. The zero-order valence-corrected chi connectivity index (χ0v) is 17.1. The molecule has 0 spiro atoms. The Morgan fingerprint density at radius 3 is 1.24 bits per heavy atom. The molecule has 6 N–H and O–H groups in total. The minimum Gasteiger partial charge on any atom is -0.480 e. The quantitative estimate of drug-likeness (QED) is 0.454. The van der Waals surface area contributed by atoms with Crippen molar-refractivity contribution in [2.45, 2.75) is 50.6 Å². The van der Waals surface area contributed by atoms with Crippen LogP contribution in [0.2, 0.25) is 0 Å². The van der Waals surface area contributed by atoms with E-state index in [2.05, 4.69) is 0 Å². The second-order valence-corrected chi connectivity index (χ2v) is 7.25. The van der Waals surface area contributed by atoms with E-state index in [1.54, 1.807) is 0 Å². The molecule has 2 aliphatic rings. The topological polar surface area (TPSA) is 164 Å². The lowest BCUT2D eigenvalue weighted by Gasteiger charge is -2.24. The molecule has 2 atom stereocenters. The van der Waals surface area contributed by atoms with Crippen LogP contribution in [0.4, 0.5) is 0 Å².